The molecule has 0 radical (unpaired) electrons. The molecule has 0 saturated carbocycles. The van der Waals surface area contributed by atoms with Crippen LogP contribution in [0.25, 0.3) is 11.1 Å². The lowest BCUT2D eigenvalue weighted by Gasteiger charge is -2.09. The second-order valence-electron chi connectivity index (χ2n) is 6.08. The molecule has 0 amide bonds. The number of hydrogen-bond acceptors (Lipinski definition) is 2. The van der Waals surface area contributed by atoms with Crippen molar-refractivity contribution in [3.8, 4) is 17.2 Å². The van der Waals surface area contributed by atoms with Crippen LogP contribution < -0.4 is 0 Å². The third-order valence-corrected chi connectivity index (χ3v) is 4.93. The van der Waals surface area contributed by atoms with Gasteiger partial charge in [-0.15, -0.1) is 0 Å². The summed E-state index contributed by atoms with van der Waals surface area (Å²) in [6, 6.07) is 13.5. The SMILES string of the molecule is Cc1cc(Cl)ccc1Cn1nc(C)c(-c2ccc(C#N)c(Cl)c2)c1C. The van der Waals surface area contributed by atoms with Crippen molar-refractivity contribution in [2.45, 2.75) is 27.3 Å². The molecule has 0 bridgehead atoms. The van der Waals surface area contributed by atoms with Crippen molar-refractivity contribution in [3.63, 3.8) is 0 Å². The summed E-state index contributed by atoms with van der Waals surface area (Å²) in [5, 5.41) is 14.9. The van der Waals surface area contributed by atoms with Gasteiger partial charge in [0, 0.05) is 16.3 Å². The van der Waals surface area contributed by atoms with E-state index in [9.17, 15) is 0 Å². The lowest BCUT2D eigenvalue weighted by molar-refractivity contribution is 0.657. The highest BCUT2D eigenvalue weighted by Gasteiger charge is 2.15. The van der Waals surface area contributed by atoms with E-state index in [4.69, 9.17) is 33.6 Å². The molecular formula is C20H17Cl2N3. The van der Waals surface area contributed by atoms with E-state index >= 15 is 0 Å². The first kappa shape index (κ1) is 17.5. The van der Waals surface area contributed by atoms with E-state index < -0.39 is 0 Å². The number of halogens is 2. The number of aromatic nitrogens is 2. The normalized spacial score (nSPS) is 10.7. The van der Waals surface area contributed by atoms with Gasteiger partial charge >= 0.3 is 0 Å². The summed E-state index contributed by atoms with van der Waals surface area (Å²) in [5.41, 5.74) is 6.82. The first-order valence-corrected chi connectivity index (χ1v) is 8.65. The van der Waals surface area contributed by atoms with Crippen LogP contribution in [0.5, 0.6) is 0 Å². The fourth-order valence-electron chi connectivity index (χ4n) is 3.03. The molecule has 2 aromatic carbocycles. The van der Waals surface area contributed by atoms with Gasteiger partial charge in [0.15, 0.2) is 0 Å². The summed E-state index contributed by atoms with van der Waals surface area (Å²) in [6.45, 7) is 6.76. The average molecular weight is 370 g/mol. The van der Waals surface area contributed by atoms with Gasteiger partial charge in [0.2, 0.25) is 0 Å². The lowest BCUT2D eigenvalue weighted by Crippen LogP contribution is -2.05. The maximum Gasteiger partial charge on any atom is 0.101 e. The molecule has 0 spiro atoms. The van der Waals surface area contributed by atoms with E-state index in [1.807, 2.05) is 55.8 Å². The fourth-order valence-corrected chi connectivity index (χ4v) is 3.48. The van der Waals surface area contributed by atoms with E-state index in [-0.39, 0.29) is 0 Å². The molecule has 0 saturated heterocycles. The first-order chi connectivity index (χ1) is 11.9. The highest BCUT2D eigenvalue weighted by atomic mass is 35.5. The maximum atomic E-state index is 9.04. The van der Waals surface area contributed by atoms with Crippen molar-refractivity contribution in [2.75, 3.05) is 0 Å². The second kappa shape index (κ2) is 6.92. The fraction of sp³-hybridized carbons (Fsp3) is 0.200. The summed E-state index contributed by atoms with van der Waals surface area (Å²) >= 11 is 12.2. The highest BCUT2D eigenvalue weighted by Crippen LogP contribution is 2.31. The van der Waals surface area contributed by atoms with E-state index in [1.54, 1.807) is 6.07 Å². The third-order valence-electron chi connectivity index (χ3n) is 4.38. The van der Waals surface area contributed by atoms with Gasteiger partial charge < -0.3 is 0 Å². The highest BCUT2D eigenvalue weighted by molar-refractivity contribution is 6.32. The Kier molecular flexibility index (Phi) is 4.85. The van der Waals surface area contributed by atoms with E-state index in [0.717, 1.165) is 33.1 Å². The lowest BCUT2D eigenvalue weighted by atomic mass is 10.0. The summed E-state index contributed by atoms with van der Waals surface area (Å²) in [6.07, 6.45) is 0. The number of rotatable bonds is 3. The molecule has 1 aromatic heterocycles. The van der Waals surface area contributed by atoms with Crippen LogP contribution in [-0.2, 0) is 6.54 Å². The molecule has 25 heavy (non-hydrogen) atoms. The molecule has 0 N–H and O–H groups in total. The Morgan fingerprint density at radius 2 is 1.84 bits per heavy atom. The molecule has 126 valence electrons. The molecule has 0 fully saturated rings. The number of hydrogen-bond donors (Lipinski definition) is 0. The Morgan fingerprint density at radius 3 is 2.48 bits per heavy atom. The van der Waals surface area contributed by atoms with Crippen LogP contribution in [0.4, 0.5) is 0 Å². The predicted molar refractivity (Wildman–Crippen MR) is 102 cm³/mol. The molecule has 1 heterocycles. The number of aryl methyl sites for hydroxylation is 2. The number of nitrogens with zero attached hydrogens (tertiary/aromatic N) is 3. The standard InChI is InChI=1S/C20H17Cl2N3/c1-12-8-18(21)7-6-17(12)11-25-14(3)20(13(2)24-25)15-4-5-16(10-23)19(22)9-15/h4-9H,11H2,1-3H3. The number of benzene rings is 2. The van der Waals surface area contributed by atoms with Crippen LogP contribution in [0.1, 0.15) is 28.1 Å². The van der Waals surface area contributed by atoms with Crippen molar-refractivity contribution < 1.29 is 0 Å². The molecule has 0 aliphatic heterocycles. The van der Waals surface area contributed by atoms with E-state index in [0.29, 0.717) is 17.1 Å². The van der Waals surface area contributed by atoms with Crippen molar-refractivity contribution in [1.29, 1.82) is 5.26 Å². The third kappa shape index (κ3) is 3.42. The van der Waals surface area contributed by atoms with Crippen LogP contribution in [0.3, 0.4) is 0 Å². The summed E-state index contributed by atoms with van der Waals surface area (Å²) in [5.74, 6) is 0. The van der Waals surface area contributed by atoms with Gasteiger partial charge in [-0.1, -0.05) is 35.3 Å². The summed E-state index contributed by atoms with van der Waals surface area (Å²) in [7, 11) is 0. The molecular weight excluding hydrogens is 353 g/mol. The van der Waals surface area contributed by atoms with Gasteiger partial charge in [-0.3, -0.25) is 4.68 Å². The first-order valence-electron chi connectivity index (χ1n) is 7.89. The molecule has 5 heteroatoms. The molecule has 0 aliphatic rings. The Bertz CT molecular complexity index is 997. The van der Waals surface area contributed by atoms with Crippen LogP contribution in [0.2, 0.25) is 10.0 Å². The van der Waals surface area contributed by atoms with Crippen molar-refractivity contribution >= 4 is 23.2 Å². The largest absolute Gasteiger partial charge is 0.265 e. The van der Waals surface area contributed by atoms with Gasteiger partial charge in [0.25, 0.3) is 0 Å². The minimum absolute atomic E-state index is 0.458. The van der Waals surface area contributed by atoms with Gasteiger partial charge in [0.05, 0.1) is 22.8 Å². The average Bonchev–Trinajstić information content (AvgIpc) is 2.84. The minimum atomic E-state index is 0.458. The van der Waals surface area contributed by atoms with Crippen molar-refractivity contribution in [2.24, 2.45) is 0 Å². The van der Waals surface area contributed by atoms with Gasteiger partial charge in [-0.2, -0.15) is 10.4 Å². The molecule has 3 nitrogen and oxygen atoms in total. The Labute approximate surface area is 157 Å². The molecule has 3 rings (SSSR count). The van der Waals surface area contributed by atoms with Crippen molar-refractivity contribution in [1.82, 2.24) is 9.78 Å². The zero-order valence-electron chi connectivity index (χ0n) is 14.3. The zero-order chi connectivity index (χ0) is 18.1. The second-order valence-corrected chi connectivity index (χ2v) is 6.92. The number of nitriles is 1. The van der Waals surface area contributed by atoms with Gasteiger partial charge in [-0.25, -0.2) is 0 Å². The Morgan fingerprint density at radius 1 is 1.08 bits per heavy atom. The van der Waals surface area contributed by atoms with Crippen LogP contribution in [0, 0.1) is 32.1 Å². The molecule has 0 aliphatic carbocycles. The smallest absolute Gasteiger partial charge is 0.101 e. The monoisotopic (exact) mass is 369 g/mol. The molecule has 0 unspecified atom stereocenters. The van der Waals surface area contributed by atoms with Gasteiger partial charge in [0.1, 0.15) is 6.07 Å². The van der Waals surface area contributed by atoms with Crippen LogP contribution in [0.15, 0.2) is 36.4 Å². The van der Waals surface area contributed by atoms with E-state index in [2.05, 4.69) is 6.07 Å². The van der Waals surface area contributed by atoms with Crippen LogP contribution >= 0.6 is 23.2 Å². The van der Waals surface area contributed by atoms with Crippen LogP contribution in [-0.4, -0.2) is 9.78 Å². The Hall–Kier alpha value is -2.28. The van der Waals surface area contributed by atoms with Crippen molar-refractivity contribution in [3.05, 3.63) is 74.5 Å². The summed E-state index contributed by atoms with van der Waals surface area (Å²) < 4.78 is 1.99. The zero-order valence-corrected chi connectivity index (χ0v) is 15.8. The van der Waals surface area contributed by atoms with E-state index in [1.165, 1.54) is 5.56 Å². The Balaban J connectivity index is 2.01. The molecule has 3 aromatic rings. The summed E-state index contributed by atoms with van der Waals surface area (Å²) in [4.78, 5) is 0. The topological polar surface area (TPSA) is 41.6 Å². The maximum absolute atomic E-state index is 9.04. The minimum Gasteiger partial charge on any atom is -0.265 e. The quantitative estimate of drug-likeness (QED) is 0.593. The molecule has 0 atom stereocenters. The van der Waals surface area contributed by atoms with Gasteiger partial charge in [-0.05, 0) is 61.7 Å². The predicted octanol–water partition coefficient (Wildman–Crippen LogP) is 5.70.